The van der Waals surface area contributed by atoms with Crippen LogP contribution >= 0.6 is 22.7 Å². The van der Waals surface area contributed by atoms with Crippen molar-refractivity contribution in [2.75, 3.05) is 6.54 Å². The Morgan fingerprint density at radius 2 is 2.21 bits per heavy atom. The molecule has 0 aliphatic carbocycles. The van der Waals surface area contributed by atoms with Gasteiger partial charge in [0.15, 0.2) is 0 Å². The fraction of sp³-hybridized carbons (Fsp3) is 0.214. The van der Waals surface area contributed by atoms with Gasteiger partial charge in [0, 0.05) is 39.1 Å². The number of nitrogens with two attached hydrogens (primary N) is 1. The molecule has 3 rings (SSSR count). The van der Waals surface area contributed by atoms with Gasteiger partial charge < -0.3 is 10.8 Å². The summed E-state index contributed by atoms with van der Waals surface area (Å²) in [5.74, 6) is -0.110. The number of hydrogen-bond acceptors (Lipinski definition) is 5. The molecule has 3 aromatic heterocycles. The van der Waals surface area contributed by atoms with E-state index in [0.717, 1.165) is 10.4 Å². The van der Waals surface area contributed by atoms with Gasteiger partial charge in [-0.3, -0.25) is 4.98 Å². The largest absolute Gasteiger partial charge is 0.387 e. The van der Waals surface area contributed by atoms with Gasteiger partial charge in [-0.2, -0.15) is 0 Å². The van der Waals surface area contributed by atoms with Crippen molar-refractivity contribution in [3.05, 3.63) is 52.5 Å². The molecule has 0 amide bonds. The zero-order chi connectivity index (χ0) is 13.2. The van der Waals surface area contributed by atoms with E-state index in [1.165, 1.54) is 9.40 Å². The summed E-state index contributed by atoms with van der Waals surface area (Å²) in [5, 5.41) is 12.6. The Balaban J connectivity index is 1.93. The lowest BCUT2D eigenvalue weighted by molar-refractivity contribution is 0.151. The van der Waals surface area contributed by atoms with E-state index in [1.807, 2.05) is 12.1 Å². The molecular weight excluding hydrogens is 276 g/mol. The van der Waals surface area contributed by atoms with Gasteiger partial charge in [0.1, 0.15) is 0 Å². The first-order valence-electron chi connectivity index (χ1n) is 6.04. The predicted octanol–water partition coefficient (Wildman–Crippen LogP) is 3.13. The fourth-order valence-corrected chi connectivity index (χ4v) is 4.34. The molecule has 3 N–H and O–H groups in total. The number of aromatic nitrogens is 1. The van der Waals surface area contributed by atoms with E-state index in [1.54, 1.807) is 35.1 Å². The van der Waals surface area contributed by atoms with Crippen LogP contribution in [0.1, 0.15) is 22.5 Å². The van der Waals surface area contributed by atoms with Crippen LogP contribution in [0.3, 0.4) is 0 Å². The van der Waals surface area contributed by atoms with Gasteiger partial charge in [0.2, 0.25) is 0 Å². The molecular formula is C14H14N2OS2. The van der Waals surface area contributed by atoms with Crippen LogP contribution in [-0.2, 0) is 0 Å². The van der Waals surface area contributed by atoms with Crippen LogP contribution < -0.4 is 5.73 Å². The summed E-state index contributed by atoms with van der Waals surface area (Å²) in [6.07, 6.45) is 2.93. The number of aliphatic hydroxyl groups excluding tert-OH is 1. The highest BCUT2D eigenvalue weighted by atomic mass is 32.1. The first-order valence-corrected chi connectivity index (χ1v) is 7.74. The van der Waals surface area contributed by atoms with Crippen LogP contribution in [0.5, 0.6) is 0 Å². The maximum atomic E-state index is 10.6. The van der Waals surface area contributed by atoms with Crippen molar-refractivity contribution in [3.8, 4) is 0 Å². The highest BCUT2D eigenvalue weighted by molar-refractivity contribution is 7.26. The van der Waals surface area contributed by atoms with Crippen molar-refractivity contribution in [2.24, 2.45) is 5.73 Å². The van der Waals surface area contributed by atoms with Crippen LogP contribution in [-0.4, -0.2) is 16.6 Å². The molecule has 0 bridgehead atoms. The van der Waals surface area contributed by atoms with E-state index in [2.05, 4.69) is 22.5 Å². The molecule has 3 aromatic rings. The van der Waals surface area contributed by atoms with E-state index in [4.69, 9.17) is 5.73 Å². The first kappa shape index (κ1) is 12.7. The van der Waals surface area contributed by atoms with Crippen molar-refractivity contribution < 1.29 is 5.11 Å². The van der Waals surface area contributed by atoms with E-state index in [9.17, 15) is 5.11 Å². The number of nitrogens with zero attached hydrogens (tertiary/aromatic N) is 1. The summed E-state index contributed by atoms with van der Waals surface area (Å²) in [5.41, 5.74) is 6.81. The van der Waals surface area contributed by atoms with E-state index in [-0.39, 0.29) is 5.92 Å². The van der Waals surface area contributed by atoms with Crippen LogP contribution in [0.4, 0.5) is 0 Å². The van der Waals surface area contributed by atoms with Gasteiger partial charge in [-0.1, -0.05) is 6.07 Å². The van der Waals surface area contributed by atoms with Gasteiger partial charge >= 0.3 is 0 Å². The average molecular weight is 290 g/mol. The quantitative estimate of drug-likeness (QED) is 0.776. The summed E-state index contributed by atoms with van der Waals surface area (Å²) in [6, 6.07) is 7.98. The lowest BCUT2D eigenvalue weighted by Crippen LogP contribution is -2.19. The third-order valence-corrected chi connectivity index (χ3v) is 5.36. The zero-order valence-electron chi connectivity index (χ0n) is 10.2. The first-order chi connectivity index (χ1) is 9.29. The highest BCUT2D eigenvalue weighted by Crippen LogP contribution is 2.38. The maximum Gasteiger partial charge on any atom is 0.0963 e. The van der Waals surface area contributed by atoms with E-state index in [0.29, 0.717) is 6.54 Å². The topological polar surface area (TPSA) is 59.1 Å². The molecule has 5 heteroatoms. The van der Waals surface area contributed by atoms with Gasteiger partial charge in [-0.25, -0.2) is 0 Å². The average Bonchev–Trinajstić information content (AvgIpc) is 3.01. The molecule has 3 nitrogen and oxygen atoms in total. The van der Waals surface area contributed by atoms with E-state index >= 15 is 0 Å². The molecule has 2 unspecified atom stereocenters. The Labute approximate surface area is 119 Å². The van der Waals surface area contributed by atoms with Crippen molar-refractivity contribution in [1.29, 1.82) is 0 Å². The third-order valence-electron chi connectivity index (χ3n) is 3.20. The fourth-order valence-electron chi connectivity index (χ4n) is 2.17. The van der Waals surface area contributed by atoms with Crippen molar-refractivity contribution in [1.82, 2.24) is 4.98 Å². The molecule has 0 aliphatic rings. The highest BCUT2D eigenvalue weighted by Gasteiger charge is 2.23. The third kappa shape index (κ3) is 2.42. The molecule has 19 heavy (non-hydrogen) atoms. The van der Waals surface area contributed by atoms with Crippen molar-refractivity contribution >= 4 is 32.1 Å². The minimum absolute atomic E-state index is 0.110. The van der Waals surface area contributed by atoms with Crippen molar-refractivity contribution in [3.63, 3.8) is 0 Å². The number of aliphatic hydroxyl groups is 1. The minimum Gasteiger partial charge on any atom is -0.387 e. The second-order valence-electron chi connectivity index (χ2n) is 4.37. The smallest absolute Gasteiger partial charge is 0.0963 e. The van der Waals surface area contributed by atoms with Crippen LogP contribution in [0.25, 0.3) is 9.40 Å². The molecule has 0 spiro atoms. The number of hydrogen-bond donors (Lipinski definition) is 2. The minimum atomic E-state index is -0.571. The van der Waals surface area contributed by atoms with Crippen LogP contribution in [0, 0.1) is 0 Å². The van der Waals surface area contributed by atoms with Crippen LogP contribution in [0.2, 0.25) is 0 Å². The predicted molar refractivity (Wildman–Crippen MR) is 80.7 cm³/mol. The number of rotatable bonds is 4. The van der Waals surface area contributed by atoms with Gasteiger partial charge in [0.05, 0.1) is 6.10 Å². The summed E-state index contributed by atoms with van der Waals surface area (Å²) in [6.45, 7) is 0.401. The number of fused-ring (bicyclic) bond motifs is 1. The van der Waals surface area contributed by atoms with Gasteiger partial charge in [0.25, 0.3) is 0 Å². The molecule has 0 aliphatic heterocycles. The molecule has 98 valence electrons. The Bertz CT molecular complexity index is 634. The summed E-state index contributed by atoms with van der Waals surface area (Å²) >= 11 is 3.33. The Kier molecular flexibility index (Phi) is 3.61. The second kappa shape index (κ2) is 5.38. The Morgan fingerprint density at radius 1 is 1.32 bits per heavy atom. The molecule has 0 saturated heterocycles. The molecule has 0 radical (unpaired) electrons. The summed E-state index contributed by atoms with van der Waals surface area (Å²) < 4.78 is 2.45. The zero-order valence-corrected chi connectivity index (χ0v) is 11.8. The summed E-state index contributed by atoms with van der Waals surface area (Å²) in [4.78, 5) is 5.07. The SMILES string of the molecule is NCC(c1cccnc1)C(O)c1cc2sccc2s1. The molecule has 0 fully saturated rings. The Hall–Kier alpha value is -1.27. The van der Waals surface area contributed by atoms with Gasteiger partial charge in [-0.15, -0.1) is 22.7 Å². The lowest BCUT2D eigenvalue weighted by atomic mass is 9.94. The van der Waals surface area contributed by atoms with Crippen LogP contribution in [0.15, 0.2) is 42.0 Å². The number of thiophene rings is 2. The molecule has 0 aromatic carbocycles. The van der Waals surface area contributed by atoms with Crippen molar-refractivity contribution in [2.45, 2.75) is 12.0 Å². The normalized spacial score (nSPS) is 14.6. The standard InChI is InChI=1S/C14H14N2OS2/c15-7-10(9-2-1-4-16-8-9)14(17)13-6-12-11(19-13)3-5-18-12/h1-6,8,10,14,17H,7,15H2. The Morgan fingerprint density at radius 3 is 2.89 bits per heavy atom. The van der Waals surface area contributed by atoms with E-state index < -0.39 is 6.10 Å². The molecule has 3 heterocycles. The molecule has 2 atom stereocenters. The monoisotopic (exact) mass is 290 g/mol. The number of pyridine rings is 1. The second-order valence-corrected chi connectivity index (χ2v) is 6.43. The van der Waals surface area contributed by atoms with Gasteiger partial charge in [-0.05, 0) is 29.1 Å². The summed E-state index contributed by atoms with van der Waals surface area (Å²) in [7, 11) is 0. The lowest BCUT2D eigenvalue weighted by Gasteiger charge is -2.20. The maximum absolute atomic E-state index is 10.6. The molecule has 0 saturated carbocycles.